The lowest BCUT2D eigenvalue weighted by molar-refractivity contribution is -0.136. The number of ketones is 1. The zero-order valence-corrected chi connectivity index (χ0v) is 10.2. The Labute approximate surface area is 106 Å². The van der Waals surface area contributed by atoms with Crippen LogP contribution in [0.3, 0.4) is 0 Å². The molecule has 0 radical (unpaired) electrons. The standard InChI is InChI=1S/C14H17NO3/c16-12-2-1-9(8-13(12)17)7-11-14(18)10-3-5-15(11)6-4-10/h1-2,8,10-11,16-17H,3-7H2. The molecule has 1 aromatic rings. The molecular formula is C14H17NO3. The molecule has 18 heavy (non-hydrogen) atoms. The molecule has 0 saturated carbocycles. The van der Waals surface area contributed by atoms with Crippen molar-refractivity contribution in [1.29, 1.82) is 0 Å². The van der Waals surface area contributed by atoms with Gasteiger partial charge in [-0.3, -0.25) is 9.69 Å². The van der Waals surface area contributed by atoms with Crippen molar-refractivity contribution in [2.75, 3.05) is 13.1 Å². The summed E-state index contributed by atoms with van der Waals surface area (Å²) >= 11 is 0. The highest BCUT2D eigenvalue weighted by Crippen LogP contribution is 2.32. The number of piperidine rings is 3. The van der Waals surface area contributed by atoms with Crippen LogP contribution in [0.25, 0.3) is 0 Å². The van der Waals surface area contributed by atoms with Gasteiger partial charge in [0.1, 0.15) is 0 Å². The number of carbonyl (C=O) groups is 1. The molecule has 0 aromatic heterocycles. The van der Waals surface area contributed by atoms with Crippen molar-refractivity contribution in [2.45, 2.75) is 25.3 Å². The first-order chi connectivity index (χ1) is 8.65. The van der Waals surface area contributed by atoms with Gasteiger partial charge in [-0.25, -0.2) is 0 Å². The van der Waals surface area contributed by atoms with E-state index in [-0.39, 0.29) is 23.5 Å². The van der Waals surface area contributed by atoms with Gasteiger partial charge >= 0.3 is 0 Å². The molecule has 96 valence electrons. The molecule has 1 unspecified atom stereocenters. The van der Waals surface area contributed by atoms with Crippen molar-refractivity contribution in [3.8, 4) is 11.5 Å². The molecule has 2 bridgehead atoms. The molecule has 2 N–H and O–H groups in total. The van der Waals surface area contributed by atoms with Crippen LogP contribution in [0.5, 0.6) is 11.5 Å². The normalized spacial score (nSPS) is 30.7. The lowest BCUT2D eigenvalue weighted by atomic mass is 9.80. The van der Waals surface area contributed by atoms with Crippen LogP contribution in [-0.4, -0.2) is 40.0 Å². The van der Waals surface area contributed by atoms with Gasteiger partial charge in [0.2, 0.25) is 0 Å². The fourth-order valence-corrected chi connectivity index (χ4v) is 3.10. The number of hydrogen-bond donors (Lipinski definition) is 2. The van der Waals surface area contributed by atoms with Crippen LogP contribution in [0.1, 0.15) is 18.4 Å². The van der Waals surface area contributed by atoms with E-state index in [2.05, 4.69) is 4.90 Å². The fraction of sp³-hybridized carbons (Fsp3) is 0.500. The van der Waals surface area contributed by atoms with Crippen LogP contribution < -0.4 is 0 Å². The van der Waals surface area contributed by atoms with E-state index in [1.807, 2.05) is 0 Å². The molecule has 0 aliphatic carbocycles. The van der Waals surface area contributed by atoms with Crippen molar-refractivity contribution in [3.05, 3.63) is 23.8 Å². The molecule has 3 aliphatic heterocycles. The third kappa shape index (κ3) is 1.86. The second kappa shape index (κ2) is 4.28. The van der Waals surface area contributed by atoms with Crippen molar-refractivity contribution >= 4 is 5.78 Å². The van der Waals surface area contributed by atoms with Crippen molar-refractivity contribution in [1.82, 2.24) is 4.90 Å². The number of fused-ring (bicyclic) bond motifs is 3. The highest BCUT2D eigenvalue weighted by Gasteiger charge is 2.40. The first-order valence-electron chi connectivity index (χ1n) is 6.44. The predicted molar refractivity (Wildman–Crippen MR) is 66.6 cm³/mol. The van der Waals surface area contributed by atoms with E-state index >= 15 is 0 Å². The van der Waals surface area contributed by atoms with Gasteiger partial charge in [0.25, 0.3) is 0 Å². The van der Waals surface area contributed by atoms with Crippen LogP contribution in [0.15, 0.2) is 18.2 Å². The van der Waals surface area contributed by atoms with Gasteiger partial charge in [-0.2, -0.15) is 0 Å². The second-order valence-corrected chi connectivity index (χ2v) is 5.26. The van der Waals surface area contributed by atoms with Gasteiger partial charge in [0.05, 0.1) is 6.04 Å². The van der Waals surface area contributed by atoms with Crippen LogP contribution in [0.2, 0.25) is 0 Å². The van der Waals surface area contributed by atoms with Gasteiger partial charge in [-0.15, -0.1) is 0 Å². The average molecular weight is 247 g/mol. The maximum atomic E-state index is 12.2. The molecular weight excluding hydrogens is 230 g/mol. The van der Waals surface area contributed by atoms with Crippen LogP contribution in [-0.2, 0) is 11.2 Å². The molecule has 1 aromatic carbocycles. The first kappa shape index (κ1) is 11.5. The van der Waals surface area contributed by atoms with Crippen molar-refractivity contribution in [3.63, 3.8) is 0 Å². The summed E-state index contributed by atoms with van der Waals surface area (Å²) in [5.74, 6) is 0.359. The highest BCUT2D eigenvalue weighted by molar-refractivity contribution is 5.88. The number of hydrogen-bond acceptors (Lipinski definition) is 4. The molecule has 3 heterocycles. The van der Waals surface area contributed by atoms with E-state index in [0.717, 1.165) is 31.5 Å². The van der Waals surface area contributed by atoms with Crippen LogP contribution >= 0.6 is 0 Å². The predicted octanol–water partition coefficient (Wildman–Crippen LogP) is 1.30. The molecule has 1 atom stereocenters. The summed E-state index contributed by atoms with van der Waals surface area (Å²) in [6.07, 6.45) is 2.62. The summed E-state index contributed by atoms with van der Waals surface area (Å²) in [6, 6.07) is 4.75. The largest absolute Gasteiger partial charge is 0.504 e. The number of aromatic hydroxyl groups is 2. The molecule has 0 spiro atoms. The van der Waals surface area contributed by atoms with Gasteiger partial charge < -0.3 is 10.2 Å². The lowest BCUT2D eigenvalue weighted by Crippen LogP contribution is -2.56. The smallest absolute Gasteiger partial charge is 0.157 e. The maximum Gasteiger partial charge on any atom is 0.157 e. The number of nitrogens with zero attached hydrogens (tertiary/aromatic N) is 1. The Hall–Kier alpha value is -1.55. The molecule has 3 saturated heterocycles. The minimum Gasteiger partial charge on any atom is -0.504 e. The van der Waals surface area contributed by atoms with Crippen LogP contribution in [0, 0.1) is 5.92 Å². The summed E-state index contributed by atoms with van der Waals surface area (Å²) < 4.78 is 0. The zero-order chi connectivity index (χ0) is 12.7. The quantitative estimate of drug-likeness (QED) is 0.773. The minimum absolute atomic E-state index is 0.0403. The zero-order valence-electron chi connectivity index (χ0n) is 10.2. The van der Waals surface area contributed by atoms with E-state index in [1.54, 1.807) is 12.1 Å². The van der Waals surface area contributed by atoms with E-state index in [4.69, 9.17) is 0 Å². The number of carbonyl (C=O) groups excluding carboxylic acids is 1. The monoisotopic (exact) mass is 247 g/mol. The topological polar surface area (TPSA) is 60.8 Å². The average Bonchev–Trinajstić information content (AvgIpc) is 2.38. The number of phenolic OH excluding ortho intramolecular Hbond substituents is 2. The van der Waals surface area contributed by atoms with Gasteiger partial charge in [-0.05, 0) is 50.0 Å². The third-order valence-electron chi connectivity index (χ3n) is 4.17. The Bertz CT molecular complexity index is 478. The molecule has 4 rings (SSSR count). The Morgan fingerprint density at radius 1 is 1.17 bits per heavy atom. The first-order valence-corrected chi connectivity index (χ1v) is 6.44. The summed E-state index contributed by atoms with van der Waals surface area (Å²) in [6.45, 7) is 2.01. The van der Waals surface area contributed by atoms with Crippen LogP contribution in [0.4, 0.5) is 0 Å². The lowest BCUT2D eigenvalue weighted by Gasteiger charge is -2.44. The molecule has 3 aliphatic rings. The second-order valence-electron chi connectivity index (χ2n) is 5.26. The Kier molecular flexibility index (Phi) is 2.74. The summed E-state index contributed by atoms with van der Waals surface area (Å²) in [4.78, 5) is 14.4. The summed E-state index contributed by atoms with van der Waals surface area (Å²) in [5, 5.41) is 18.8. The SMILES string of the molecule is O=C1C2CCN(CC2)C1Cc1ccc(O)c(O)c1. The highest BCUT2D eigenvalue weighted by atomic mass is 16.3. The number of Topliss-reactive ketones (excluding diaryl/α,β-unsaturated/α-hetero) is 1. The maximum absolute atomic E-state index is 12.2. The Morgan fingerprint density at radius 3 is 2.50 bits per heavy atom. The van der Waals surface area contributed by atoms with Gasteiger partial charge in [-0.1, -0.05) is 6.07 Å². The Balaban J connectivity index is 1.79. The number of benzene rings is 1. The van der Waals surface area contributed by atoms with Crippen molar-refractivity contribution < 1.29 is 15.0 Å². The molecule has 4 heteroatoms. The van der Waals surface area contributed by atoms with E-state index in [1.165, 1.54) is 6.07 Å². The Morgan fingerprint density at radius 2 is 1.89 bits per heavy atom. The minimum atomic E-state index is -0.115. The third-order valence-corrected chi connectivity index (χ3v) is 4.17. The summed E-state index contributed by atoms with van der Waals surface area (Å²) in [5.41, 5.74) is 0.899. The van der Waals surface area contributed by atoms with Crippen molar-refractivity contribution in [2.24, 2.45) is 5.92 Å². The number of rotatable bonds is 2. The fourth-order valence-electron chi connectivity index (χ4n) is 3.10. The van der Waals surface area contributed by atoms with E-state index in [0.29, 0.717) is 12.2 Å². The van der Waals surface area contributed by atoms with Gasteiger partial charge in [0, 0.05) is 5.92 Å². The number of phenols is 2. The van der Waals surface area contributed by atoms with Gasteiger partial charge in [0.15, 0.2) is 17.3 Å². The van der Waals surface area contributed by atoms with E-state index < -0.39 is 0 Å². The molecule has 3 fully saturated rings. The molecule has 0 amide bonds. The van der Waals surface area contributed by atoms with E-state index in [9.17, 15) is 15.0 Å². The molecule has 4 nitrogen and oxygen atoms in total. The summed E-state index contributed by atoms with van der Waals surface area (Å²) in [7, 11) is 0.